The first-order valence-electron chi connectivity index (χ1n) is 9.42. The van der Waals surface area contributed by atoms with Gasteiger partial charge in [0.2, 0.25) is 5.95 Å². The van der Waals surface area contributed by atoms with Crippen molar-refractivity contribution in [1.29, 1.82) is 0 Å². The highest BCUT2D eigenvalue weighted by Gasteiger charge is 2.19. The third-order valence-corrected chi connectivity index (χ3v) is 5.14. The van der Waals surface area contributed by atoms with Gasteiger partial charge >= 0.3 is 0 Å². The molecule has 4 rings (SSSR count). The molecule has 5 heteroatoms. The van der Waals surface area contributed by atoms with Crippen LogP contribution in [0.3, 0.4) is 0 Å². The van der Waals surface area contributed by atoms with Crippen LogP contribution < -0.4 is 4.90 Å². The summed E-state index contributed by atoms with van der Waals surface area (Å²) in [4.78, 5) is 15.5. The van der Waals surface area contributed by atoms with E-state index in [-0.39, 0.29) is 0 Å². The monoisotopic (exact) mass is 349 g/mol. The maximum absolute atomic E-state index is 4.73. The van der Waals surface area contributed by atoms with Crippen molar-refractivity contribution in [3.63, 3.8) is 0 Å². The number of benzene rings is 2. The van der Waals surface area contributed by atoms with Gasteiger partial charge in [0.25, 0.3) is 0 Å². The van der Waals surface area contributed by atoms with Crippen LogP contribution in [0.15, 0.2) is 54.6 Å². The lowest BCUT2D eigenvalue weighted by atomic mass is 10.2. The van der Waals surface area contributed by atoms with Crippen LogP contribution in [0.2, 0.25) is 0 Å². The Hall–Kier alpha value is -2.37. The van der Waals surface area contributed by atoms with Gasteiger partial charge in [-0.05, 0) is 24.7 Å². The van der Waals surface area contributed by atoms with Crippen LogP contribution in [0.5, 0.6) is 0 Å². The Bertz CT molecular complexity index is 788. The summed E-state index contributed by atoms with van der Waals surface area (Å²) in [6, 6.07) is 18.9. The molecule has 5 nitrogen and oxygen atoms in total. The van der Waals surface area contributed by atoms with E-state index in [1.54, 1.807) is 0 Å². The molecule has 0 spiro atoms. The van der Waals surface area contributed by atoms with Gasteiger partial charge in [-0.1, -0.05) is 42.5 Å². The van der Waals surface area contributed by atoms with Crippen molar-refractivity contribution in [3.05, 3.63) is 60.2 Å². The maximum Gasteiger partial charge on any atom is 0.203 e. The summed E-state index contributed by atoms with van der Waals surface area (Å²) >= 11 is 0. The Morgan fingerprint density at radius 1 is 0.962 bits per heavy atom. The van der Waals surface area contributed by atoms with E-state index in [1.807, 2.05) is 12.1 Å². The highest BCUT2D eigenvalue weighted by Crippen LogP contribution is 2.18. The third-order valence-electron chi connectivity index (χ3n) is 5.14. The van der Waals surface area contributed by atoms with E-state index in [9.17, 15) is 0 Å². The molecule has 2 heterocycles. The zero-order valence-electron chi connectivity index (χ0n) is 15.4. The molecule has 0 atom stereocenters. The fraction of sp³-hybridized carbons (Fsp3) is 0.381. The van der Waals surface area contributed by atoms with Crippen LogP contribution in [0.4, 0.5) is 5.95 Å². The molecule has 0 unspecified atom stereocenters. The van der Waals surface area contributed by atoms with E-state index in [0.29, 0.717) is 0 Å². The lowest BCUT2D eigenvalue weighted by Crippen LogP contribution is -2.48. The molecule has 1 aliphatic heterocycles. The van der Waals surface area contributed by atoms with Crippen LogP contribution in [0, 0.1) is 0 Å². The van der Waals surface area contributed by atoms with E-state index in [1.165, 1.54) is 5.56 Å². The summed E-state index contributed by atoms with van der Waals surface area (Å²) in [6.07, 6.45) is 0. The minimum atomic E-state index is 1.01. The van der Waals surface area contributed by atoms with Gasteiger partial charge in [-0.15, -0.1) is 0 Å². The minimum absolute atomic E-state index is 1.01. The van der Waals surface area contributed by atoms with Crippen molar-refractivity contribution in [2.45, 2.75) is 6.54 Å². The van der Waals surface area contributed by atoms with Gasteiger partial charge in [0, 0.05) is 45.8 Å². The zero-order chi connectivity index (χ0) is 17.8. The number of para-hydroxylation sites is 2. The first-order valence-corrected chi connectivity index (χ1v) is 9.42. The van der Waals surface area contributed by atoms with Crippen molar-refractivity contribution in [1.82, 2.24) is 19.8 Å². The molecule has 0 saturated carbocycles. The summed E-state index contributed by atoms with van der Waals surface area (Å²) in [5.74, 6) is 1.01. The number of hydrogen-bond donors (Lipinski definition) is 1. The second kappa shape index (κ2) is 7.89. The lowest BCUT2D eigenvalue weighted by Gasteiger charge is -2.35. The van der Waals surface area contributed by atoms with Crippen molar-refractivity contribution in [3.8, 4) is 0 Å². The number of anilines is 1. The van der Waals surface area contributed by atoms with Crippen LogP contribution >= 0.6 is 0 Å². The number of aromatic nitrogens is 2. The van der Waals surface area contributed by atoms with Gasteiger partial charge < -0.3 is 14.8 Å². The summed E-state index contributed by atoms with van der Waals surface area (Å²) in [5.41, 5.74) is 3.55. The molecular formula is C21H27N5. The number of rotatable bonds is 6. The van der Waals surface area contributed by atoms with Gasteiger partial charge in [-0.25, -0.2) is 4.98 Å². The van der Waals surface area contributed by atoms with Crippen LogP contribution in [-0.4, -0.2) is 66.1 Å². The second-order valence-corrected chi connectivity index (χ2v) is 7.13. The number of hydrogen-bond acceptors (Lipinski definition) is 4. The van der Waals surface area contributed by atoms with Gasteiger partial charge in [0.15, 0.2) is 0 Å². The Balaban J connectivity index is 1.24. The molecule has 0 radical (unpaired) electrons. The van der Waals surface area contributed by atoms with Crippen LogP contribution in [0.25, 0.3) is 11.0 Å². The van der Waals surface area contributed by atoms with Gasteiger partial charge in [0.1, 0.15) is 0 Å². The molecule has 1 saturated heterocycles. The average Bonchev–Trinajstić information content (AvgIpc) is 3.12. The second-order valence-electron chi connectivity index (χ2n) is 7.13. The molecule has 3 aromatic rings. The van der Waals surface area contributed by atoms with Crippen molar-refractivity contribution in [2.24, 2.45) is 0 Å². The highest BCUT2D eigenvalue weighted by atomic mass is 15.3. The number of imidazole rings is 1. The summed E-state index contributed by atoms with van der Waals surface area (Å²) in [7, 11) is 2.21. The Morgan fingerprint density at radius 3 is 2.46 bits per heavy atom. The largest absolute Gasteiger partial charge is 0.340 e. The van der Waals surface area contributed by atoms with Gasteiger partial charge in [0.05, 0.1) is 11.0 Å². The zero-order valence-corrected chi connectivity index (χ0v) is 15.4. The highest BCUT2D eigenvalue weighted by molar-refractivity contribution is 5.77. The average molecular weight is 349 g/mol. The molecule has 0 amide bonds. The van der Waals surface area contributed by atoms with E-state index in [0.717, 1.165) is 62.8 Å². The summed E-state index contributed by atoms with van der Waals surface area (Å²) in [6.45, 7) is 7.48. The standard InChI is InChI=1S/C21H27N5/c1-24(17-18-7-3-2-4-8-18)11-12-25-13-15-26(16-14-25)21-22-19-9-5-6-10-20(19)23-21/h2-10H,11-17H2,1H3,(H,22,23). The third kappa shape index (κ3) is 4.06. The molecule has 1 aromatic heterocycles. The predicted molar refractivity (Wildman–Crippen MR) is 108 cm³/mol. The molecule has 1 fully saturated rings. The van der Waals surface area contributed by atoms with Crippen molar-refractivity contribution in [2.75, 3.05) is 51.2 Å². The minimum Gasteiger partial charge on any atom is -0.340 e. The smallest absolute Gasteiger partial charge is 0.203 e. The van der Waals surface area contributed by atoms with Crippen LogP contribution in [-0.2, 0) is 6.54 Å². The Kier molecular flexibility index (Phi) is 5.18. The number of fused-ring (bicyclic) bond motifs is 1. The molecule has 1 aliphatic rings. The number of piperazine rings is 1. The lowest BCUT2D eigenvalue weighted by molar-refractivity contribution is 0.212. The predicted octanol–water partition coefficient (Wildman–Crippen LogP) is 2.82. The molecule has 0 aliphatic carbocycles. The Labute approximate surface area is 155 Å². The molecular weight excluding hydrogens is 322 g/mol. The van der Waals surface area contributed by atoms with Crippen molar-refractivity contribution >= 4 is 17.0 Å². The fourth-order valence-corrected chi connectivity index (χ4v) is 3.56. The number of aromatic amines is 1. The van der Waals surface area contributed by atoms with Gasteiger partial charge in [-0.3, -0.25) is 4.90 Å². The number of nitrogens with one attached hydrogen (secondary N) is 1. The normalized spacial score (nSPS) is 15.8. The van der Waals surface area contributed by atoms with Crippen LogP contribution in [0.1, 0.15) is 5.56 Å². The summed E-state index contributed by atoms with van der Waals surface area (Å²) in [5, 5.41) is 0. The molecule has 1 N–H and O–H groups in total. The summed E-state index contributed by atoms with van der Waals surface area (Å²) < 4.78 is 0. The van der Waals surface area contributed by atoms with Crippen molar-refractivity contribution < 1.29 is 0 Å². The first kappa shape index (κ1) is 17.1. The van der Waals surface area contributed by atoms with E-state index >= 15 is 0 Å². The first-order chi connectivity index (χ1) is 12.8. The maximum atomic E-state index is 4.73. The number of H-pyrrole nitrogens is 1. The fourth-order valence-electron chi connectivity index (χ4n) is 3.56. The van der Waals surface area contributed by atoms with E-state index < -0.39 is 0 Å². The van der Waals surface area contributed by atoms with E-state index in [4.69, 9.17) is 4.98 Å². The quantitative estimate of drug-likeness (QED) is 0.743. The number of likely N-dealkylation sites (N-methyl/N-ethyl adjacent to an activating group) is 1. The topological polar surface area (TPSA) is 38.4 Å². The number of nitrogens with zero attached hydrogens (tertiary/aromatic N) is 4. The van der Waals surface area contributed by atoms with Gasteiger partial charge in [-0.2, -0.15) is 0 Å². The molecule has 136 valence electrons. The SMILES string of the molecule is CN(CCN1CCN(c2nc3ccccc3[nH]2)CC1)Cc1ccccc1. The molecule has 2 aromatic carbocycles. The molecule has 26 heavy (non-hydrogen) atoms. The van der Waals surface area contributed by atoms with E-state index in [2.05, 4.69) is 69.2 Å². The molecule has 0 bridgehead atoms. The Morgan fingerprint density at radius 2 is 1.69 bits per heavy atom.